The summed E-state index contributed by atoms with van der Waals surface area (Å²) in [6, 6.07) is 9.32. The molecule has 0 aliphatic carbocycles. The number of amides is 2. The van der Waals surface area contributed by atoms with Gasteiger partial charge >= 0.3 is 5.97 Å². The molecule has 6 nitrogen and oxygen atoms in total. The van der Waals surface area contributed by atoms with E-state index >= 15 is 0 Å². The van der Waals surface area contributed by atoms with E-state index in [1.807, 2.05) is 30.3 Å². The minimum Gasteiger partial charge on any atom is -0.455 e. The van der Waals surface area contributed by atoms with Crippen molar-refractivity contribution in [1.29, 1.82) is 0 Å². The normalized spacial score (nSPS) is 15.8. The molecular formula is C18H24N2O4. The van der Waals surface area contributed by atoms with Crippen LogP contribution >= 0.6 is 0 Å². The van der Waals surface area contributed by atoms with E-state index in [9.17, 15) is 14.4 Å². The number of ether oxygens (including phenoxy) is 1. The van der Waals surface area contributed by atoms with Crippen molar-refractivity contribution < 1.29 is 19.1 Å². The van der Waals surface area contributed by atoms with Crippen LogP contribution in [0, 0.1) is 5.92 Å². The first-order valence-corrected chi connectivity index (χ1v) is 8.12. The van der Waals surface area contributed by atoms with E-state index in [0.29, 0.717) is 25.9 Å². The number of benzene rings is 1. The Morgan fingerprint density at radius 3 is 2.29 bits per heavy atom. The number of nitrogens with two attached hydrogens (primary N) is 1. The molecule has 0 spiro atoms. The van der Waals surface area contributed by atoms with Crippen LogP contribution in [0.25, 0.3) is 0 Å². The highest BCUT2D eigenvalue weighted by Gasteiger charge is 2.32. The quantitative estimate of drug-likeness (QED) is 0.821. The predicted molar refractivity (Wildman–Crippen MR) is 88.9 cm³/mol. The largest absolute Gasteiger partial charge is 0.455 e. The van der Waals surface area contributed by atoms with Crippen LogP contribution in [-0.4, -0.2) is 42.4 Å². The van der Waals surface area contributed by atoms with Gasteiger partial charge in [-0.05, 0) is 32.3 Å². The standard InChI is InChI=1S/C18H24N2O4/c1-18(2,14-6-4-3-5-7-14)17(23)24-12-15(21)20-10-8-13(9-11-20)16(19)22/h3-7,13H,8-12H2,1-2H3,(H2,19,22). The molecule has 0 unspecified atom stereocenters. The first kappa shape index (κ1) is 18.0. The molecule has 0 atom stereocenters. The zero-order valence-corrected chi connectivity index (χ0v) is 14.2. The molecule has 0 aromatic heterocycles. The van der Waals surface area contributed by atoms with Crippen LogP contribution in [0.15, 0.2) is 30.3 Å². The monoisotopic (exact) mass is 332 g/mol. The molecule has 2 amide bonds. The number of primary amides is 1. The molecule has 130 valence electrons. The Kier molecular flexibility index (Phi) is 5.59. The molecule has 1 aromatic rings. The zero-order valence-electron chi connectivity index (χ0n) is 14.2. The first-order valence-electron chi connectivity index (χ1n) is 8.12. The second-order valence-corrected chi connectivity index (χ2v) is 6.62. The summed E-state index contributed by atoms with van der Waals surface area (Å²) >= 11 is 0. The molecule has 2 N–H and O–H groups in total. The fourth-order valence-electron chi connectivity index (χ4n) is 2.79. The Balaban J connectivity index is 1.86. The van der Waals surface area contributed by atoms with Crippen LogP contribution in [-0.2, 0) is 24.5 Å². The minimum atomic E-state index is -0.819. The number of carbonyl (C=O) groups excluding carboxylic acids is 3. The number of carbonyl (C=O) groups is 3. The Morgan fingerprint density at radius 1 is 1.17 bits per heavy atom. The molecule has 0 radical (unpaired) electrons. The summed E-state index contributed by atoms with van der Waals surface area (Å²) < 4.78 is 5.23. The second-order valence-electron chi connectivity index (χ2n) is 6.62. The van der Waals surface area contributed by atoms with Crippen LogP contribution in [0.4, 0.5) is 0 Å². The lowest BCUT2D eigenvalue weighted by atomic mass is 9.85. The van der Waals surface area contributed by atoms with Crippen LogP contribution < -0.4 is 5.73 Å². The summed E-state index contributed by atoms with van der Waals surface area (Å²) in [6.45, 7) is 4.19. The average molecular weight is 332 g/mol. The third-order valence-electron chi connectivity index (χ3n) is 4.58. The molecule has 1 heterocycles. The van der Waals surface area contributed by atoms with Crippen molar-refractivity contribution in [3.05, 3.63) is 35.9 Å². The van der Waals surface area contributed by atoms with E-state index in [-0.39, 0.29) is 24.3 Å². The van der Waals surface area contributed by atoms with E-state index < -0.39 is 11.4 Å². The van der Waals surface area contributed by atoms with E-state index in [4.69, 9.17) is 10.5 Å². The Hall–Kier alpha value is -2.37. The van der Waals surface area contributed by atoms with Gasteiger partial charge in [0.05, 0.1) is 5.41 Å². The van der Waals surface area contributed by atoms with Crippen LogP contribution in [0.3, 0.4) is 0 Å². The number of piperidine rings is 1. The van der Waals surface area contributed by atoms with Gasteiger partial charge in [-0.3, -0.25) is 14.4 Å². The first-order chi connectivity index (χ1) is 11.3. The van der Waals surface area contributed by atoms with Crippen molar-refractivity contribution in [3.8, 4) is 0 Å². The van der Waals surface area contributed by atoms with Gasteiger partial charge in [-0.2, -0.15) is 0 Å². The molecule has 6 heteroatoms. The molecular weight excluding hydrogens is 308 g/mol. The second kappa shape index (κ2) is 7.47. The maximum atomic E-state index is 12.3. The van der Waals surface area contributed by atoms with Gasteiger partial charge in [0.15, 0.2) is 6.61 Å². The van der Waals surface area contributed by atoms with Gasteiger partial charge in [0.1, 0.15) is 0 Å². The van der Waals surface area contributed by atoms with Crippen molar-refractivity contribution in [1.82, 2.24) is 4.90 Å². The minimum absolute atomic E-state index is 0.173. The maximum Gasteiger partial charge on any atom is 0.316 e. The number of hydrogen-bond donors (Lipinski definition) is 1. The third-order valence-corrected chi connectivity index (χ3v) is 4.58. The fourth-order valence-corrected chi connectivity index (χ4v) is 2.79. The van der Waals surface area contributed by atoms with E-state index in [1.54, 1.807) is 18.7 Å². The van der Waals surface area contributed by atoms with Gasteiger partial charge in [-0.25, -0.2) is 0 Å². The Labute approximate surface area is 142 Å². The molecule has 2 rings (SSSR count). The predicted octanol–water partition coefficient (Wildman–Crippen LogP) is 1.23. The van der Waals surface area contributed by atoms with Crippen molar-refractivity contribution >= 4 is 17.8 Å². The van der Waals surface area contributed by atoms with E-state index in [1.165, 1.54) is 0 Å². The van der Waals surface area contributed by atoms with Gasteiger partial charge in [0.2, 0.25) is 5.91 Å². The lowest BCUT2D eigenvalue weighted by molar-refractivity contribution is -0.156. The molecule has 1 fully saturated rings. The SMILES string of the molecule is CC(C)(C(=O)OCC(=O)N1CCC(C(N)=O)CC1)c1ccccc1. The number of nitrogens with zero attached hydrogens (tertiary/aromatic N) is 1. The molecule has 1 aliphatic heterocycles. The van der Waals surface area contributed by atoms with Gasteiger partial charge in [-0.1, -0.05) is 30.3 Å². The number of hydrogen-bond acceptors (Lipinski definition) is 4. The molecule has 0 saturated carbocycles. The summed E-state index contributed by atoms with van der Waals surface area (Å²) in [4.78, 5) is 37.3. The topological polar surface area (TPSA) is 89.7 Å². The fraction of sp³-hybridized carbons (Fsp3) is 0.500. The molecule has 1 aliphatic rings. The van der Waals surface area contributed by atoms with Crippen LogP contribution in [0.2, 0.25) is 0 Å². The lowest BCUT2D eigenvalue weighted by Crippen LogP contribution is -2.44. The molecule has 0 bridgehead atoms. The van der Waals surface area contributed by atoms with E-state index in [2.05, 4.69) is 0 Å². The highest BCUT2D eigenvalue weighted by atomic mass is 16.5. The van der Waals surface area contributed by atoms with Crippen molar-refractivity contribution in [2.24, 2.45) is 11.7 Å². The van der Waals surface area contributed by atoms with Crippen LogP contribution in [0.5, 0.6) is 0 Å². The smallest absolute Gasteiger partial charge is 0.316 e. The number of esters is 1. The Bertz CT molecular complexity index is 605. The summed E-state index contributed by atoms with van der Waals surface area (Å²) in [6.07, 6.45) is 1.12. The average Bonchev–Trinajstić information content (AvgIpc) is 2.60. The van der Waals surface area contributed by atoms with Crippen molar-refractivity contribution in [2.45, 2.75) is 32.1 Å². The highest BCUT2D eigenvalue weighted by molar-refractivity contribution is 5.86. The molecule has 1 aromatic carbocycles. The molecule has 1 saturated heterocycles. The Morgan fingerprint density at radius 2 is 1.75 bits per heavy atom. The van der Waals surface area contributed by atoms with Crippen molar-refractivity contribution in [3.63, 3.8) is 0 Å². The van der Waals surface area contributed by atoms with E-state index in [0.717, 1.165) is 5.56 Å². The summed E-state index contributed by atoms with van der Waals surface area (Å²) in [7, 11) is 0. The number of likely N-dealkylation sites (tertiary alicyclic amines) is 1. The highest BCUT2D eigenvalue weighted by Crippen LogP contribution is 2.24. The lowest BCUT2D eigenvalue weighted by Gasteiger charge is -2.31. The van der Waals surface area contributed by atoms with Gasteiger partial charge in [0.25, 0.3) is 5.91 Å². The maximum absolute atomic E-state index is 12.3. The van der Waals surface area contributed by atoms with Gasteiger partial charge in [0, 0.05) is 19.0 Å². The van der Waals surface area contributed by atoms with Gasteiger partial charge in [-0.15, -0.1) is 0 Å². The van der Waals surface area contributed by atoms with Gasteiger partial charge < -0.3 is 15.4 Å². The summed E-state index contributed by atoms with van der Waals surface area (Å²) in [5.74, 6) is -1.17. The van der Waals surface area contributed by atoms with Crippen molar-refractivity contribution in [2.75, 3.05) is 19.7 Å². The summed E-state index contributed by atoms with van der Waals surface area (Å²) in [5, 5.41) is 0. The number of rotatable bonds is 5. The summed E-state index contributed by atoms with van der Waals surface area (Å²) in [5.41, 5.74) is 5.30. The van der Waals surface area contributed by atoms with Crippen LogP contribution in [0.1, 0.15) is 32.3 Å². The zero-order chi connectivity index (χ0) is 17.7. The third kappa shape index (κ3) is 4.13. The molecule has 24 heavy (non-hydrogen) atoms.